The summed E-state index contributed by atoms with van der Waals surface area (Å²) in [4.78, 5) is 0. The minimum absolute atomic E-state index is 0.0845. The summed E-state index contributed by atoms with van der Waals surface area (Å²) >= 11 is 0. The Morgan fingerprint density at radius 3 is 1.41 bits per heavy atom. The Kier molecular flexibility index (Phi) is 13.7. The third-order valence-corrected chi connectivity index (χ3v) is 12.7. The van der Waals surface area contributed by atoms with Gasteiger partial charge in [-0.15, -0.1) is 0 Å². The van der Waals surface area contributed by atoms with Crippen molar-refractivity contribution >= 4 is 10.1 Å². The largest absolute Gasteiger partial charge is 0.534 e. The number of alkyl halides is 3. The van der Waals surface area contributed by atoms with Crippen LogP contribution in [0.25, 0.3) is 0 Å². The number of benzene rings is 4. The highest BCUT2D eigenvalue weighted by Gasteiger charge is 2.49. The van der Waals surface area contributed by atoms with Gasteiger partial charge in [-0.2, -0.15) is 21.6 Å². The molecule has 1 fully saturated rings. The van der Waals surface area contributed by atoms with Crippen LogP contribution in [0.3, 0.4) is 0 Å². The Hall–Kier alpha value is -4.46. The second-order valence-corrected chi connectivity index (χ2v) is 16.6. The number of phenols is 2. The second kappa shape index (κ2) is 17.4. The van der Waals surface area contributed by atoms with Gasteiger partial charge in [-0.1, -0.05) is 88.1 Å². The first-order valence-electron chi connectivity index (χ1n) is 19.3. The van der Waals surface area contributed by atoms with Crippen LogP contribution in [0.1, 0.15) is 129 Å². The summed E-state index contributed by atoms with van der Waals surface area (Å²) in [5.74, 6) is 6.53. The molecule has 1 saturated carbocycles. The lowest BCUT2D eigenvalue weighted by atomic mass is 9.70. The number of halogens is 3. The highest BCUT2D eigenvalue weighted by Crippen LogP contribution is 2.43. The van der Waals surface area contributed by atoms with Crippen LogP contribution in [-0.4, -0.2) is 34.8 Å². The van der Waals surface area contributed by atoms with Crippen LogP contribution in [0.5, 0.6) is 17.2 Å². The van der Waals surface area contributed by atoms with Crippen LogP contribution in [0, 0.1) is 39.5 Å². The van der Waals surface area contributed by atoms with E-state index in [1.807, 2.05) is 39.0 Å². The van der Waals surface area contributed by atoms with Crippen molar-refractivity contribution in [1.29, 1.82) is 0 Å². The van der Waals surface area contributed by atoms with Gasteiger partial charge in [0.15, 0.2) is 0 Å². The first kappa shape index (κ1) is 44.3. The van der Waals surface area contributed by atoms with Crippen LogP contribution < -0.4 is 4.18 Å². The predicted molar refractivity (Wildman–Crippen MR) is 217 cm³/mol. The molecule has 0 unspecified atom stereocenters. The van der Waals surface area contributed by atoms with Crippen molar-refractivity contribution < 1.29 is 41.1 Å². The first-order valence-corrected chi connectivity index (χ1v) is 20.7. The van der Waals surface area contributed by atoms with E-state index < -0.39 is 26.6 Å². The first-order chi connectivity index (χ1) is 26.2. The Balaban J connectivity index is 0.000000249. The third-order valence-electron chi connectivity index (χ3n) is 11.8. The van der Waals surface area contributed by atoms with Gasteiger partial charge >= 0.3 is 15.6 Å². The number of phenolic OH excluding ortho intramolecular Hbond substituents is 2. The lowest BCUT2D eigenvalue weighted by Crippen LogP contribution is -2.29. The Morgan fingerprint density at radius 2 is 1.04 bits per heavy atom. The lowest BCUT2D eigenvalue weighted by Gasteiger charge is -2.34. The molecule has 0 atom stereocenters. The number of hydrogen-bond acceptors (Lipinski definition) is 6. The van der Waals surface area contributed by atoms with E-state index in [1.165, 1.54) is 24.1 Å². The molecule has 1 aliphatic carbocycles. The summed E-state index contributed by atoms with van der Waals surface area (Å²) in [6.45, 7) is 15.8. The molecular formula is C46H55F3O6S. The van der Waals surface area contributed by atoms with Crippen LogP contribution >= 0.6 is 0 Å². The monoisotopic (exact) mass is 792 g/mol. The lowest BCUT2D eigenvalue weighted by molar-refractivity contribution is -0.0500. The Labute approximate surface area is 330 Å². The molecule has 0 saturated heterocycles. The van der Waals surface area contributed by atoms with E-state index in [1.54, 1.807) is 31.2 Å². The molecule has 10 heteroatoms. The number of aromatic hydroxyl groups is 2. The van der Waals surface area contributed by atoms with Crippen molar-refractivity contribution in [2.75, 3.05) is 0 Å². The van der Waals surface area contributed by atoms with Gasteiger partial charge in [-0.3, -0.25) is 0 Å². The molecule has 56 heavy (non-hydrogen) atoms. The molecule has 0 spiro atoms. The van der Waals surface area contributed by atoms with Gasteiger partial charge in [-0.25, -0.2) is 0 Å². The van der Waals surface area contributed by atoms with E-state index in [2.05, 4.69) is 61.1 Å². The van der Waals surface area contributed by atoms with Crippen LogP contribution in [0.2, 0.25) is 0 Å². The van der Waals surface area contributed by atoms with Gasteiger partial charge < -0.3 is 19.5 Å². The minimum Gasteiger partial charge on any atom is -0.508 e. The van der Waals surface area contributed by atoms with Crippen molar-refractivity contribution in [2.45, 2.75) is 129 Å². The van der Waals surface area contributed by atoms with Gasteiger partial charge in [-0.05, 0) is 148 Å². The molecule has 0 amide bonds. The van der Waals surface area contributed by atoms with E-state index in [0.29, 0.717) is 18.6 Å². The highest BCUT2D eigenvalue weighted by molar-refractivity contribution is 7.88. The quantitative estimate of drug-likeness (QED) is 0.0839. The van der Waals surface area contributed by atoms with E-state index in [4.69, 9.17) is 0 Å². The fourth-order valence-electron chi connectivity index (χ4n) is 7.95. The zero-order valence-corrected chi connectivity index (χ0v) is 34.5. The fraction of sp³-hybridized carbons (Fsp3) is 0.435. The molecular weight excluding hydrogens is 738 g/mol. The average Bonchev–Trinajstić information content (AvgIpc) is 3.59. The third kappa shape index (κ3) is 9.22. The molecule has 302 valence electrons. The SMILES string of the molecule is CCC(CC)(c1ccc(O)c(C)c1)c1ccc(C#CC2(O)CCCC2)c(C)c1.CCC(CC)(c1ccc(O)c(C)c1)c1ccc(OS(=O)(=O)C(F)(F)F)c(C)c1. The molecule has 1 aliphatic rings. The Bertz CT molecular complexity index is 2180. The van der Waals surface area contributed by atoms with Gasteiger partial charge in [0.05, 0.1) is 0 Å². The molecule has 3 N–H and O–H groups in total. The van der Waals surface area contributed by atoms with Gasteiger partial charge in [0.25, 0.3) is 0 Å². The highest BCUT2D eigenvalue weighted by atomic mass is 32.2. The summed E-state index contributed by atoms with van der Waals surface area (Å²) < 4.78 is 64.6. The Morgan fingerprint density at radius 1 is 0.643 bits per heavy atom. The second-order valence-electron chi connectivity index (χ2n) is 15.1. The standard InChI is InChI=1S/C26H32O2.C20H23F3O4S/c1-5-26(6-2,23-11-12-24(27)20(4)18-23)22-10-9-21(19(3)17-22)13-16-25(28)14-7-8-15-25;1-5-19(6-2,15-7-9-17(24)13(3)11-15)16-8-10-18(14(4)12-16)27-28(25,26)20(21,22)23/h9-12,17-18,27-28H,5-8,14-15H2,1-4H3;7-12,24H,5-6H2,1-4H3. The smallest absolute Gasteiger partial charge is 0.508 e. The van der Waals surface area contributed by atoms with Crippen molar-refractivity contribution in [3.05, 3.63) is 123 Å². The summed E-state index contributed by atoms with van der Waals surface area (Å²) in [7, 11) is -5.72. The van der Waals surface area contributed by atoms with E-state index >= 15 is 0 Å². The van der Waals surface area contributed by atoms with Crippen molar-refractivity contribution in [3.8, 4) is 29.1 Å². The van der Waals surface area contributed by atoms with Crippen LogP contribution in [-0.2, 0) is 20.9 Å². The number of hydrogen-bond donors (Lipinski definition) is 3. The van der Waals surface area contributed by atoms with Crippen molar-refractivity contribution in [1.82, 2.24) is 0 Å². The maximum atomic E-state index is 12.6. The van der Waals surface area contributed by atoms with E-state index in [0.717, 1.165) is 71.9 Å². The van der Waals surface area contributed by atoms with Crippen molar-refractivity contribution in [2.24, 2.45) is 0 Å². The zero-order chi connectivity index (χ0) is 41.7. The zero-order valence-electron chi connectivity index (χ0n) is 33.7. The van der Waals surface area contributed by atoms with Gasteiger partial charge in [0.2, 0.25) is 0 Å². The number of rotatable bonds is 10. The van der Waals surface area contributed by atoms with E-state index in [-0.39, 0.29) is 22.5 Å². The maximum Gasteiger partial charge on any atom is 0.534 e. The average molecular weight is 793 g/mol. The number of aliphatic hydroxyl groups is 1. The van der Waals surface area contributed by atoms with Crippen LogP contribution in [0.4, 0.5) is 13.2 Å². The van der Waals surface area contributed by atoms with Gasteiger partial charge in [0.1, 0.15) is 22.8 Å². The molecule has 4 aromatic carbocycles. The molecule has 0 aliphatic heterocycles. The topological polar surface area (TPSA) is 104 Å². The molecule has 0 heterocycles. The molecule has 6 nitrogen and oxygen atoms in total. The molecule has 4 aromatic rings. The molecule has 0 bridgehead atoms. The molecule has 0 aromatic heterocycles. The maximum absolute atomic E-state index is 12.6. The molecule has 5 rings (SSSR count). The normalized spacial score (nSPS) is 14.4. The van der Waals surface area contributed by atoms with Crippen LogP contribution in [0.15, 0.2) is 72.8 Å². The molecule has 0 radical (unpaired) electrons. The summed E-state index contributed by atoms with van der Waals surface area (Å²) in [5.41, 5.74) is 1.56. The summed E-state index contributed by atoms with van der Waals surface area (Å²) in [5, 5.41) is 30.3. The number of aryl methyl sites for hydroxylation is 4. The van der Waals surface area contributed by atoms with Gasteiger partial charge in [0, 0.05) is 16.4 Å². The van der Waals surface area contributed by atoms with E-state index in [9.17, 15) is 36.9 Å². The minimum atomic E-state index is -5.72. The summed E-state index contributed by atoms with van der Waals surface area (Å²) in [6.07, 6.45) is 7.06. The predicted octanol–water partition coefficient (Wildman–Crippen LogP) is 11.1. The fourth-order valence-corrected chi connectivity index (χ4v) is 8.47. The van der Waals surface area contributed by atoms with Crippen molar-refractivity contribution in [3.63, 3.8) is 0 Å². The summed E-state index contributed by atoms with van der Waals surface area (Å²) in [6, 6.07) is 22.3.